The molecule has 4 heteroatoms. The zero-order chi connectivity index (χ0) is 27.1. The second-order valence-corrected chi connectivity index (χ2v) is 16.9. The summed E-state index contributed by atoms with van der Waals surface area (Å²) in [6.07, 6.45) is 14.7. The van der Waals surface area contributed by atoms with Crippen molar-refractivity contribution < 1.29 is 14.3 Å². The van der Waals surface area contributed by atoms with Crippen LogP contribution in [0.1, 0.15) is 98.3 Å². The van der Waals surface area contributed by atoms with E-state index in [0.29, 0.717) is 6.61 Å². The van der Waals surface area contributed by atoms with Gasteiger partial charge in [-0.15, -0.1) is 0 Å². The molecule has 1 N–H and O–H groups in total. The molecule has 1 aliphatic heterocycles. The van der Waals surface area contributed by atoms with E-state index in [2.05, 4.69) is 94.4 Å². The number of unbranched alkanes of at least 4 members (excludes halogenated alkanes) is 3. The van der Waals surface area contributed by atoms with Crippen LogP contribution in [0.4, 0.5) is 0 Å². The Morgan fingerprint density at radius 3 is 2.00 bits per heavy atom. The largest absolute Gasteiger partial charge is 0.407 e. The molecule has 1 aliphatic carbocycles. The van der Waals surface area contributed by atoms with Gasteiger partial charge in [-0.25, -0.2) is 0 Å². The van der Waals surface area contributed by atoms with Crippen LogP contribution in [-0.2, 0) is 9.16 Å². The van der Waals surface area contributed by atoms with Gasteiger partial charge >= 0.3 is 0 Å². The van der Waals surface area contributed by atoms with Crippen molar-refractivity contribution in [2.45, 2.75) is 115 Å². The van der Waals surface area contributed by atoms with Gasteiger partial charge in [0.25, 0.3) is 8.32 Å². The molecule has 38 heavy (non-hydrogen) atoms. The maximum Gasteiger partial charge on any atom is 0.261 e. The minimum atomic E-state index is -2.57. The predicted molar refractivity (Wildman–Crippen MR) is 162 cm³/mol. The van der Waals surface area contributed by atoms with Crippen LogP contribution in [0.5, 0.6) is 0 Å². The minimum absolute atomic E-state index is 0.0348. The number of rotatable bonds is 12. The van der Waals surface area contributed by atoms with E-state index in [4.69, 9.17) is 9.16 Å². The Morgan fingerprint density at radius 2 is 1.47 bits per heavy atom. The van der Waals surface area contributed by atoms with Gasteiger partial charge in [-0.3, -0.25) is 0 Å². The van der Waals surface area contributed by atoms with Crippen LogP contribution >= 0.6 is 0 Å². The van der Waals surface area contributed by atoms with Crippen molar-refractivity contribution in [2.24, 2.45) is 0 Å². The van der Waals surface area contributed by atoms with Crippen molar-refractivity contribution >= 4 is 18.7 Å². The fourth-order valence-corrected chi connectivity index (χ4v) is 11.5. The number of hydrogen-bond donors (Lipinski definition) is 1. The lowest BCUT2D eigenvalue weighted by Crippen LogP contribution is -2.66. The van der Waals surface area contributed by atoms with Crippen LogP contribution in [0.3, 0.4) is 0 Å². The molecule has 1 spiro atoms. The van der Waals surface area contributed by atoms with E-state index in [1.54, 1.807) is 0 Å². The Morgan fingerprint density at radius 1 is 0.868 bits per heavy atom. The first kappa shape index (κ1) is 29.3. The maximum absolute atomic E-state index is 10.6. The molecule has 0 aromatic heterocycles. The van der Waals surface area contributed by atoms with Crippen LogP contribution < -0.4 is 10.4 Å². The highest BCUT2D eigenvalue weighted by Gasteiger charge is 2.52. The van der Waals surface area contributed by atoms with Crippen LogP contribution in [-0.4, -0.2) is 37.8 Å². The third kappa shape index (κ3) is 6.04. The summed E-state index contributed by atoms with van der Waals surface area (Å²) in [5, 5.41) is 13.2. The average molecular weight is 535 g/mol. The quantitative estimate of drug-likeness (QED) is 0.176. The highest BCUT2D eigenvalue weighted by molar-refractivity contribution is 6.99. The first-order valence-electron chi connectivity index (χ1n) is 15.1. The van der Waals surface area contributed by atoms with Gasteiger partial charge in [0.15, 0.2) is 0 Å². The SMILES string of the molecule is CCCCCCC1(CO)C=C(CCO[Si](c2ccccc2)(c2ccccc2)C(C)(C)C)C2(CCCCC2)O1. The van der Waals surface area contributed by atoms with E-state index >= 15 is 0 Å². The lowest BCUT2D eigenvalue weighted by Gasteiger charge is -2.43. The zero-order valence-electron chi connectivity index (χ0n) is 24.3. The average Bonchev–Trinajstić information content (AvgIpc) is 3.22. The smallest absolute Gasteiger partial charge is 0.261 e. The number of ether oxygens (including phenoxy) is 1. The molecule has 3 nitrogen and oxygen atoms in total. The van der Waals surface area contributed by atoms with Gasteiger partial charge in [-0.2, -0.15) is 0 Å². The van der Waals surface area contributed by atoms with Gasteiger partial charge in [-0.1, -0.05) is 133 Å². The maximum atomic E-state index is 10.6. The van der Waals surface area contributed by atoms with Gasteiger partial charge in [0, 0.05) is 6.61 Å². The molecule has 1 fully saturated rings. The zero-order valence-corrected chi connectivity index (χ0v) is 25.3. The van der Waals surface area contributed by atoms with E-state index in [1.807, 2.05) is 0 Å². The summed E-state index contributed by atoms with van der Waals surface area (Å²) < 4.78 is 14.2. The van der Waals surface area contributed by atoms with Gasteiger partial charge in [0.2, 0.25) is 0 Å². The lowest BCUT2D eigenvalue weighted by molar-refractivity contribution is -0.132. The molecule has 1 saturated carbocycles. The predicted octanol–water partition coefficient (Wildman–Crippen LogP) is 7.31. The van der Waals surface area contributed by atoms with Crippen LogP contribution in [0.15, 0.2) is 72.3 Å². The van der Waals surface area contributed by atoms with E-state index < -0.39 is 13.9 Å². The van der Waals surface area contributed by atoms with E-state index in [1.165, 1.54) is 54.5 Å². The minimum Gasteiger partial charge on any atom is -0.407 e. The fraction of sp³-hybridized carbons (Fsp3) is 0.588. The summed E-state index contributed by atoms with van der Waals surface area (Å²) in [4.78, 5) is 0. The molecule has 1 unspecified atom stereocenters. The van der Waals surface area contributed by atoms with E-state index in [-0.39, 0.29) is 17.2 Å². The Labute approximate surface area is 232 Å². The molecule has 1 heterocycles. The van der Waals surface area contributed by atoms with Gasteiger partial charge in [-0.05, 0) is 52.7 Å². The van der Waals surface area contributed by atoms with Crippen LogP contribution in [0.25, 0.3) is 0 Å². The lowest BCUT2D eigenvalue weighted by atomic mass is 9.79. The summed E-state index contributed by atoms with van der Waals surface area (Å²) in [5.74, 6) is 0. The first-order valence-corrected chi connectivity index (χ1v) is 17.0. The highest BCUT2D eigenvalue weighted by Crippen LogP contribution is 2.49. The van der Waals surface area contributed by atoms with Crippen molar-refractivity contribution in [3.63, 3.8) is 0 Å². The topological polar surface area (TPSA) is 38.7 Å². The standard InChI is InChI=1S/C34H50O3Si/c1-5-6-7-15-23-33(28-35)27-29(34(37-33)24-16-10-17-25-34)22-26-36-38(32(2,3)4,30-18-11-8-12-19-30)31-20-13-9-14-21-31/h8-9,11-14,18-21,27,35H,5-7,10,15-17,22-26,28H2,1-4H3. The summed E-state index contributed by atoms with van der Waals surface area (Å²) in [7, 11) is -2.57. The second kappa shape index (κ2) is 12.6. The summed E-state index contributed by atoms with van der Waals surface area (Å²) in [6.45, 7) is 10.0. The normalized spacial score (nSPS) is 21.6. The molecule has 2 aliphatic rings. The van der Waals surface area contributed by atoms with Gasteiger partial charge in [0.05, 0.1) is 12.2 Å². The molecular weight excluding hydrogens is 484 g/mol. The highest BCUT2D eigenvalue weighted by atomic mass is 28.4. The van der Waals surface area contributed by atoms with Crippen LogP contribution in [0.2, 0.25) is 5.04 Å². The summed E-state index contributed by atoms with van der Waals surface area (Å²) >= 11 is 0. The Balaban J connectivity index is 1.62. The summed E-state index contributed by atoms with van der Waals surface area (Å²) in [6, 6.07) is 21.8. The molecule has 1 atom stereocenters. The number of benzene rings is 2. The van der Waals surface area contributed by atoms with Gasteiger partial charge < -0.3 is 14.3 Å². The number of aliphatic hydroxyl groups excluding tert-OH is 1. The summed E-state index contributed by atoms with van der Waals surface area (Å²) in [5.41, 5.74) is 0.623. The third-order valence-corrected chi connectivity index (χ3v) is 14.0. The fourth-order valence-electron chi connectivity index (χ4n) is 6.99. The van der Waals surface area contributed by atoms with Crippen LogP contribution in [0, 0.1) is 0 Å². The molecule has 2 aromatic carbocycles. The Kier molecular flexibility index (Phi) is 9.73. The van der Waals surface area contributed by atoms with Crippen molar-refractivity contribution in [3.05, 3.63) is 72.3 Å². The molecule has 0 bridgehead atoms. The number of hydrogen-bond acceptors (Lipinski definition) is 3. The molecule has 0 radical (unpaired) electrons. The molecule has 208 valence electrons. The third-order valence-electron chi connectivity index (χ3n) is 8.91. The molecular formula is C34H50O3Si. The molecule has 0 amide bonds. The molecule has 0 saturated heterocycles. The molecule has 4 rings (SSSR count). The monoisotopic (exact) mass is 534 g/mol. The van der Waals surface area contributed by atoms with Gasteiger partial charge in [0.1, 0.15) is 5.60 Å². The van der Waals surface area contributed by atoms with E-state index in [0.717, 1.165) is 32.1 Å². The second-order valence-electron chi connectivity index (χ2n) is 12.6. The van der Waals surface area contributed by atoms with Crippen molar-refractivity contribution in [1.29, 1.82) is 0 Å². The molecule has 2 aromatic rings. The Bertz CT molecular complexity index is 981. The van der Waals surface area contributed by atoms with Crippen molar-refractivity contribution in [3.8, 4) is 0 Å². The van der Waals surface area contributed by atoms with E-state index in [9.17, 15) is 5.11 Å². The van der Waals surface area contributed by atoms with Crippen molar-refractivity contribution in [2.75, 3.05) is 13.2 Å². The first-order chi connectivity index (χ1) is 18.3. The number of aliphatic hydroxyl groups is 1. The van der Waals surface area contributed by atoms with Crippen molar-refractivity contribution in [1.82, 2.24) is 0 Å². The Hall–Kier alpha value is -1.72.